The lowest BCUT2D eigenvalue weighted by Crippen LogP contribution is -2.44. The highest BCUT2D eigenvalue weighted by Crippen LogP contribution is 2.34. The molecule has 0 saturated carbocycles. The van der Waals surface area contributed by atoms with Crippen LogP contribution < -0.4 is 5.32 Å². The molecule has 3 nitrogen and oxygen atoms in total. The number of hydrogen-bond acceptors (Lipinski definition) is 3. The normalized spacial score (nSPS) is 28.2. The molecule has 3 atom stereocenters. The van der Waals surface area contributed by atoms with Crippen LogP contribution in [0.1, 0.15) is 43.4 Å². The fourth-order valence-corrected chi connectivity index (χ4v) is 3.78. The summed E-state index contributed by atoms with van der Waals surface area (Å²) in [5, 5.41) is 3.76. The first-order valence-electron chi connectivity index (χ1n) is 8.42. The quantitative estimate of drug-likeness (QED) is 0.871. The van der Waals surface area contributed by atoms with Crippen LogP contribution in [0, 0.1) is 0 Å². The summed E-state index contributed by atoms with van der Waals surface area (Å²) in [6.45, 7) is 5.33. The van der Waals surface area contributed by atoms with Crippen LogP contribution in [-0.4, -0.2) is 43.8 Å². The molecule has 1 aliphatic carbocycles. The molecule has 1 heterocycles. The number of benzene rings is 1. The molecule has 0 radical (unpaired) electrons. The molecule has 1 N–H and O–H groups in total. The van der Waals surface area contributed by atoms with E-state index in [0.29, 0.717) is 18.2 Å². The maximum absolute atomic E-state index is 5.81. The van der Waals surface area contributed by atoms with Gasteiger partial charge in [0.2, 0.25) is 0 Å². The predicted molar refractivity (Wildman–Crippen MR) is 86.6 cm³/mol. The zero-order chi connectivity index (χ0) is 14.7. The molecule has 0 aromatic heterocycles. The summed E-state index contributed by atoms with van der Waals surface area (Å²) in [5.74, 6) is 0. The third-order valence-electron chi connectivity index (χ3n) is 4.90. The van der Waals surface area contributed by atoms with Gasteiger partial charge >= 0.3 is 0 Å². The third kappa shape index (κ3) is 3.31. The van der Waals surface area contributed by atoms with Crippen molar-refractivity contribution in [1.29, 1.82) is 0 Å². The Morgan fingerprint density at radius 1 is 1.33 bits per heavy atom. The molecule has 3 heteroatoms. The maximum atomic E-state index is 5.81. The first-order valence-corrected chi connectivity index (χ1v) is 8.42. The first kappa shape index (κ1) is 15.0. The lowest BCUT2D eigenvalue weighted by Gasteiger charge is -2.32. The molecule has 1 aromatic carbocycles. The summed E-state index contributed by atoms with van der Waals surface area (Å²) in [5.41, 5.74) is 3.01. The van der Waals surface area contributed by atoms with Gasteiger partial charge in [0, 0.05) is 25.2 Å². The van der Waals surface area contributed by atoms with Gasteiger partial charge in [-0.25, -0.2) is 0 Å². The highest BCUT2D eigenvalue weighted by molar-refractivity contribution is 5.37. The van der Waals surface area contributed by atoms with Crippen LogP contribution in [0.5, 0.6) is 0 Å². The lowest BCUT2D eigenvalue weighted by atomic mass is 10.1. The third-order valence-corrected chi connectivity index (χ3v) is 4.90. The monoisotopic (exact) mass is 288 g/mol. The van der Waals surface area contributed by atoms with Gasteiger partial charge in [0.1, 0.15) is 0 Å². The van der Waals surface area contributed by atoms with Crippen molar-refractivity contribution >= 4 is 0 Å². The standard InChI is InChI=1S/C18H28N2O/c1-3-10-19-18-16-9-5-4-7-14(16)12-17(18)20(2)13-15-8-6-11-21-15/h4-5,7,9,15,17-19H,3,6,8,10-13H2,1-2H3. The Bertz CT molecular complexity index is 456. The van der Waals surface area contributed by atoms with E-state index in [1.54, 1.807) is 0 Å². The van der Waals surface area contributed by atoms with Crippen molar-refractivity contribution in [3.05, 3.63) is 35.4 Å². The maximum Gasteiger partial charge on any atom is 0.0702 e. The average Bonchev–Trinajstić information content (AvgIpc) is 3.12. The second kappa shape index (κ2) is 6.91. The molecule has 116 valence electrons. The van der Waals surface area contributed by atoms with Crippen molar-refractivity contribution in [2.24, 2.45) is 0 Å². The van der Waals surface area contributed by atoms with E-state index in [9.17, 15) is 0 Å². The van der Waals surface area contributed by atoms with Crippen LogP contribution in [0.25, 0.3) is 0 Å². The minimum Gasteiger partial charge on any atom is -0.377 e. The molecule has 21 heavy (non-hydrogen) atoms. The van der Waals surface area contributed by atoms with Gasteiger partial charge in [-0.15, -0.1) is 0 Å². The second-order valence-corrected chi connectivity index (χ2v) is 6.48. The average molecular weight is 288 g/mol. The molecule has 2 aliphatic rings. The summed E-state index contributed by atoms with van der Waals surface area (Å²) < 4.78 is 5.81. The van der Waals surface area contributed by atoms with Gasteiger partial charge in [0.15, 0.2) is 0 Å². The Morgan fingerprint density at radius 3 is 2.95 bits per heavy atom. The number of fused-ring (bicyclic) bond motifs is 1. The van der Waals surface area contributed by atoms with Crippen LogP contribution >= 0.6 is 0 Å². The highest BCUT2D eigenvalue weighted by atomic mass is 16.5. The van der Waals surface area contributed by atoms with E-state index in [-0.39, 0.29) is 0 Å². The van der Waals surface area contributed by atoms with E-state index >= 15 is 0 Å². The Morgan fingerprint density at radius 2 is 2.19 bits per heavy atom. The zero-order valence-corrected chi connectivity index (χ0v) is 13.3. The van der Waals surface area contributed by atoms with Crippen LogP contribution in [0.4, 0.5) is 0 Å². The molecule has 0 amide bonds. The van der Waals surface area contributed by atoms with E-state index in [0.717, 1.165) is 26.1 Å². The number of rotatable bonds is 6. The summed E-state index contributed by atoms with van der Waals surface area (Å²) in [6, 6.07) is 9.93. The molecule has 3 rings (SSSR count). The van der Waals surface area contributed by atoms with Gasteiger partial charge in [-0.2, -0.15) is 0 Å². The van der Waals surface area contributed by atoms with Crippen molar-refractivity contribution in [2.45, 2.75) is 50.8 Å². The Balaban J connectivity index is 1.70. The molecular weight excluding hydrogens is 260 g/mol. The summed E-state index contributed by atoms with van der Waals surface area (Å²) in [6.07, 6.45) is 5.21. The van der Waals surface area contributed by atoms with E-state index in [4.69, 9.17) is 4.74 Å². The van der Waals surface area contributed by atoms with Crippen LogP contribution in [0.15, 0.2) is 24.3 Å². The number of ether oxygens (including phenoxy) is 1. The van der Waals surface area contributed by atoms with E-state index in [1.807, 2.05) is 0 Å². The highest BCUT2D eigenvalue weighted by Gasteiger charge is 2.35. The fourth-order valence-electron chi connectivity index (χ4n) is 3.78. The SMILES string of the molecule is CCCNC1c2ccccc2CC1N(C)CC1CCCO1. The van der Waals surface area contributed by atoms with Crippen molar-refractivity contribution in [1.82, 2.24) is 10.2 Å². The number of nitrogens with zero attached hydrogens (tertiary/aromatic N) is 1. The summed E-state index contributed by atoms with van der Waals surface area (Å²) in [4.78, 5) is 2.52. The topological polar surface area (TPSA) is 24.5 Å². The molecule has 1 aromatic rings. The molecule has 1 fully saturated rings. The molecule has 1 saturated heterocycles. The van der Waals surface area contributed by atoms with E-state index in [2.05, 4.69) is 48.5 Å². The van der Waals surface area contributed by atoms with Crippen LogP contribution in [-0.2, 0) is 11.2 Å². The van der Waals surface area contributed by atoms with Gasteiger partial charge in [-0.1, -0.05) is 31.2 Å². The minimum atomic E-state index is 0.436. The second-order valence-electron chi connectivity index (χ2n) is 6.48. The van der Waals surface area contributed by atoms with Crippen molar-refractivity contribution in [3.8, 4) is 0 Å². The molecule has 0 bridgehead atoms. The van der Waals surface area contributed by atoms with E-state index < -0.39 is 0 Å². The first-order chi connectivity index (χ1) is 10.3. The largest absolute Gasteiger partial charge is 0.377 e. The van der Waals surface area contributed by atoms with Gasteiger partial charge < -0.3 is 10.1 Å². The number of nitrogens with one attached hydrogen (secondary N) is 1. The summed E-state index contributed by atoms with van der Waals surface area (Å²) >= 11 is 0. The van der Waals surface area contributed by atoms with Gasteiger partial charge in [0.25, 0.3) is 0 Å². The number of likely N-dealkylation sites (N-methyl/N-ethyl adjacent to an activating group) is 1. The number of hydrogen-bond donors (Lipinski definition) is 1. The lowest BCUT2D eigenvalue weighted by molar-refractivity contribution is 0.0629. The Labute approximate surface area is 128 Å². The Kier molecular flexibility index (Phi) is 4.94. The van der Waals surface area contributed by atoms with E-state index in [1.165, 1.54) is 30.4 Å². The zero-order valence-electron chi connectivity index (χ0n) is 13.3. The van der Waals surface area contributed by atoms with Crippen molar-refractivity contribution in [2.75, 3.05) is 26.7 Å². The van der Waals surface area contributed by atoms with Crippen molar-refractivity contribution in [3.63, 3.8) is 0 Å². The van der Waals surface area contributed by atoms with Gasteiger partial charge in [0.05, 0.1) is 6.10 Å². The van der Waals surface area contributed by atoms with Crippen LogP contribution in [0.3, 0.4) is 0 Å². The Hall–Kier alpha value is -0.900. The minimum absolute atomic E-state index is 0.436. The fraction of sp³-hybridized carbons (Fsp3) is 0.667. The van der Waals surface area contributed by atoms with Crippen LogP contribution in [0.2, 0.25) is 0 Å². The molecular formula is C18H28N2O. The van der Waals surface area contributed by atoms with Crippen molar-refractivity contribution < 1.29 is 4.74 Å². The smallest absolute Gasteiger partial charge is 0.0702 e. The molecule has 1 aliphatic heterocycles. The van der Waals surface area contributed by atoms with Gasteiger partial charge in [-0.05, 0) is 50.4 Å². The molecule has 3 unspecified atom stereocenters. The summed E-state index contributed by atoms with van der Waals surface area (Å²) in [7, 11) is 2.26. The van der Waals surface area contributed by atoms with Gasteiger partial charge in [-0.3, -0.25) is 4.90 Å². The predicted octanol–water partition coefficient (Wildman–Crippen LogP) is 2.76. The molecule has 0 spiro atoms.